The highest BCUT2D eigenvalue weighted by atomic mass is 31.2. The van der Waals surface area contributed by atoms with Gasteiger partial charge in [0.2, 0.25) is 0 Å². The quantitative estimate of drug-likeness (QED) is 0.0197. The Labute approximate surface area is 478 Å². The van der Waals surface area contributed by atoms with Crippen molar-refractivity contribution in [1.29, 1.82) is 0 Å². The summed E-state index contributed by atoms with van der Waals surface area (Å²) >= 11 is 0. The van der Waals surface area contributed by atoms with Crippen LogP contribution in [-0.4, -0.2) is 66.5 Å². The van der Waals surface area contributed by atoms with Gasteiger partial charge in [0.15, 0.2) is 6.10 Å². The lowest BCUT2D eigenvalue weighted by Crippen LogP contribution is -2.30. The molecular formula is C66H119O11P. The molecule has 0 aliphatic heterocycles. The third kappa shape index (κ3) is 57.9. The number of aliphatic hydroxyl groups is 1. The van der Waals surface area contributed by atoms with Crippen LogP contribution in [0.5, 0.6) is 0 Å². The highest BCUT2D eigenvalue weighted by Gasteiger charge is 2.28. The fourth-order valence-corrected chi connectivity index (χ4v) is 9.83. The number of carbonyl (C=O) groups excluding carboxylic acids is 3. The molecule has 3 unspecified atom stereocenters. The van der Waals surface area contributed by atoms with Gasteiger partial charge in [-0.05, 0) is 83.5 Å². The smallest absolute Gasteiger partial charge is 0.462 e. The number of aliphatic hydroxyl groups excluding tert-OH is 1. The second-order valence-electron chi connectivity index (χ2n) is 21.6. The molecule has 0 fully saturated rings. The van der Waals surface area contributed by atoms with Crippen LogP contribution in [0, 0.1) is 0 Å². The Bertz CT molecular complexity index is 1540. The maximum Gasteiger partial charge on any atom is 0.472 e. The number of hydrogen-bond acceptors (Lipinski definition) is 10. The number of esters is 3. The Morgan fingerprint density at radius 1 is 0.372 bits per heavy atom. The number of rotatable bonds is 60. The third-order valence-electron chi connectivity index (χ3n) is 13.9. The molecule has 0 heterocycles. The van der Waals surface area contributed by atoms with Crippen LogP contribution in [0.2, 0.25) is 0 Å². The molecule has 0 spiro atoms. The van der Waals surface area contributed by atoms with E-state index in [4.69, 9.17) is 23.3 Å². The molecule has 454 valence electrons. The standard InChI is InChI=1S/C66H119O11P/c1-4-7-10-13-16-19-22-25-28-30-31-33-36-39-42-45-48-51-54-57-66(70)77-63(59-73-64(68)55-52-49-46-43-40-37-35-32-29-26-23-20-17-14-11-8-5-2)61-75-78(71,72)74-60-62(58-67)76-65(69)56-53-50-47-44-41-38-34-27-24-21-18-15-12-9-6-3/h8,11,17,20,25-26,28-29,35,37,62-63,67H,4-7,9-10,12-16,18-19,21-24,27,30-34,36,38-61H2,1-3H3,(H,71,72)/b11-8-,20-17-,28-25-,29-26-,37-35-. The number of allylic oxidation sites excluding steroid dienone is 10. The largest absolute Gasteiger partial charge is 0.472 e. The maximum atomic E-state index is 13.0. The van der Waals surface area contributed by atoms with Crippen molar-refractivity contribution in [2.45, 2.75) is 315 Å². The summed E-state index contributed by atoms with van der Waals surface area (Å²) < 4.78 is 39.7. The van der Waals surface area contributed by atoms with Gasteiger partial charge < -0.3 is 24.2 Å². The Balaban J connectivity index is 4.72. The molecule has 3 atom stereocenters. The molecule has 0 aromatic carbocycles. The van der Waals surface area contributed by atoms with Crippen molar-refractivity contribution in [2.75, 3.05) is 26.4 Å². The van der Waals surface area contributed by atoms with Crippen LogP contribution in [-0.2, 0) is 42.2 Å². The number of carbonyl (C=O) groups is 3. The number of phosphoric ester groups is 1. The number of hydrogen-bond donors (Lipinski definition) is 2. The normalized spacial score (nSPS) is 13.7. The summed E-state index contributed by atoms with van der Waals surface area (Å²) in [6.07, 6.45) is 67.4. The molecule has 0 aliphatic rings. The molecule has 78 heavy (non-hydrogen) atoms. The van der Waals surface area contributed by atoms with E-state index < -0.39 is 57.8 Å². The molecule has 0 rings (SSSR count). The average Bonchev–Trinajstić information content (AvgIpc) is 3.43. The van der Waals surface area contributed by atoms with Gasteiger partial charge in [-0.1, -0.05) is 261 Å². The van der Waals surface area contributed by atoms with Gasteiger partial charge in [-0.25, -0.2) is 4.57 Å². The minimum absolute atomic E-state index is 0.161. The summed E-state index contributed by atoms with van der Waals surface area (Å²) in [7, 11) is -4.76. The molecule has 12 heteroatoms. The van der Waals surface area contributed by atoms with Gasteiger partial charge >= 0.3 is 25.7 Å². The van der Waals surface area contributed by atoms with Gasteiger partial charge in [0.25, 0.3) is 0 Å². The number of unbranched alkanes of at least 4 members (excludes halogenated alkanes) is 33. The van der Waals surface area contributed by atoms with E-state index in [0.717, 1.165) is 89.9 Å². The SMILES string of the molecule is CC/C=C\C/C=C\C/C=C\C/C=C\CCCCCCC(=O)OCC(COP(=O)(O)OCC(CO)OC(=O)CCCCCCCCCCCCCCCCC)OC(=O)CCCCCCCCCCC/C=C\CCCCCCCC. The topological polar surface area (TPSA) is 155 Å². The van der Waals surface area contributed by atoms with E-state index >= 15 is 0 Å². The fraction of sp³-hybridized carbons (Fsp3) is 0.803. The van der Waals surface area contributed by atoms with Crippen molar-refractivity contribution < 1.29 is 52.2 Å². The molecule has 11 nitrogen and oxygen atoms in total. The molecule has 0 aliphatic carbocycles. The average molecular weight is 1120 g/mol. The number of ether oxygens (including phenoxy) is 3. The Hall–Kier alpha value is -2.82. The van der Waals surface area contributed by atoms with Crippen LogP contribution in [0.3, 0.4) is 0 Å². The zero-order valence-corrected chi connectivity index (χ0v) is 51.3. The predicted octanol–water partition coefficient (Wildman–Crippen LogP) is 19.5. The molecule has 0 amide bonds. The zero-order valence-electron chi connectivity index (χ0n) is 50.4. The fourth-order valence-electron chi connectivity index (χ4n) is 9.05. The molecule has 0 saturated heterocycles. The summed E-state index contributed by atoms with van der Waals surface area (Å²) in [6, 6.07) is 0. The first kappa shape index (κ1) is 75.2. The van der Waals surface area contributed by atoms with Gasteiger partial charge in [0.05, 0.1) is 19.8 Å². The van der Waals surface area contributed by atoms with Gasteiger partial charge in [-0.3, -0.25) is 23.4 Å². The van der Waals surface area contributed by atoms with E-state index in [1.54, 1.807) is 0 Å². The van der Waals surface area contributed by atoms with Crippen molar-refractivity contribution in [2.24, 2.45) is 0 Å². The first-order valence-electron chi connectivity index (χ1n) is 32.2. The molecule has 0 saturated carbocycles. The lowest BCUT2D eigenvalue weighted by atomic mass is 10.0. The van der Waals surface area contributed by atoms with Gasteiger partial charge in [-0.15, -0.1) is 0 Å². The van der Waals surface area contributed by atoms with E-state index in [0.29, 0.717) is 19.3 Å². The first-order valence-corrected chi connectivity index (χ1v) is 33.7. The summed E-state index contributed by atoms with van der Waals surface area (Å²) in [6.45, 7) is 4.55. The predicted molar refractivity (Wildman–Crippen MR) is 325 cm³/mol. The van der Waals surface area contributed by atoms with Crippen LogP contribution in [0.4, 0.5) is 0 Å². The highest BCUT2D eigenvalue weighted by Crippen LogP contribution is 2.43. The summed E-state index contributed by atoms with van der Waals surface area (Å²) in [5.41, 5.74) is 0. The molecule has 2 N–H and O–H groups in total. The van der Waals surface area contributed by atoms with Crippen molar-refractivity contribution in [3.63, 3.8) is 0 Å². The third-order valence-corrected chi connectivity index (χ3v) is 14.9. The summed E-state index contributed by atoms with van der Waals surface area (Å²) in [5.74, 6) is -1.48. The molecular weight excluding hydrogens is 1000 g/mol. The monoisotopic (exact) mass is 1120 g/mol. The van der Waals surface area contributed by atoms with Crippen LogP contribution in [0.15, 0.2) is 60.8 Å². The van der Waals surface area contributed by atoms with Crippen LogP contribution in [0.25, 0.3) is 0 Å². The minimum atomic E-state index is -4.76. The first-order chi connectivity index (χ1) is 38.2. The van der Waals surface area contributed by atoms with E-state index in [1.165, 1.54) is 154 Å². The Morgan fingerprint density at radius 2 is 0.667 bits per heavy atom. The van der Waals surface area contributed by atoms with E-state index in [-0.39, 0.29) is 25.9 Å². The zero-order chi connectivity index (χ0) is 56.9. The van der Waals surface area contributed by atoms with E-state index in [9.17, 15) is 28.9 Å². The maximum absolute atomic E-state index is 13.0. The van der Waals surface area contributed by atoms with Crippen molar-refractivity contribution in [3.8, 4) is 0 Å². The van der Waals surface area contributed by atoms with Crippen LogP contribution >= 0.6 is 7.82 Å². The molecule has 0 bridgehead atoms. The van der Waals surface area contributed by atoms with Gasteiger partial charge in [0, 0.05) is 19.3 Å². The van der Waals surface area contributed by atoms with Gasteiger partial charge in [0.1, 0.15) is 12.7 Å². The van der Waals surface area contributed by atoms with E-state index in [1.807, 2.05) is 0 Å². The molecule has 0 aromatic heterocycles. The van der Waals surface area contributed by atoms with Gasteiger partial charge in [-0.2, -0.15) is 0 Å². The summed E-state index contributed by atoms with van der Waals surface area (Å²) in [4.78, 5) is 48.7. The van der Waals surface area contributed by atoms with E-state index in [2.05, 4.69) is 81.5 Å². The van der Waals surface area contributed by atoms with Crippen molar-refractivity contribution >= 4 is 25.7 Å². The summed E-state index contributed by atoms with van der Waals surface area (Å²) in [5, 5.41) is 9.85. The molecule has 0 aromatic rings. The van der Waals surface area contributed by atoms with Crippen molar-refractivity contribution in [1.82, 2.24) is 0 Å². The second-order valence-corrected chi connectivity index (χ2v) is 23.0. The second kappa shape index (κ2) is 60.3. The Kier molecular flexibility index (Phi) is 58.1. The lowest BCUT2D eigenvalue weighted by Gasteiger charge is -2.21. The minimum Gasteiger partial charge on any atom is -0.462 e. The Morgan fingerprint density at radius 3 is 1.04 bits per heavy atom. The molecule has 0 radical (unpaired) electrons. The highest BCUT2D eigenvalue weighted by molar-refractivity contribution is 7.47. The lowest BCUT2D eigenvalue weighted by molar-refractivity contribution is -0.161. The van der Waals surface area contributed by atoms with Crippen LogP contribution in [0.1, 0.15) is 303 Å². The van der Waals surface area contributed by atoms with Crippen molar-refractivity contribution in [3.05, 3.63) is 60.8 Å². The number of phosphoric acid groups is 1. The van der Waals surface area contributed by atoms with Crippen LogP contribution < -0.4 is 0 Å².